The number of nitrogens with zero attached hydrogens (tertiary/aromatic N) is 3. The second kappa shape index (κ2) is 6.28. The monoisotopic (exact) mass is 306 g/mol. The van der Waals surface area contributed by atoms with Crippen molar-refractivity contribution < 1.29 is 0 Å². The van der Waals surface area contributed by atoms with Gasteiger partial charge in [-0.1, -0.05) is 0 Å². The molecule has 6 nitrogen and oxygen atoms in total. The van der Waals surface area contributed by atoms with Gasteiger partial charge >= 0.3 is 0 Å². The molecule has 1 fully saturated rings. The lowest BCUT2D eigenvalue weighted by Crippen LogP contribution is -2.44. The van der Waals surface area contributed by atoms with Crippen LogP contribution in [0.4, 0.5) is 17.6 Å². The molecule has 0 saturated carbocycles. The van der Waals surface area contributed by atoms with E-state index in [1.54, 1.807) is 0 Å². The Kier molecular flexibility index (Phi) is 4.80. The van der Waals surface area contributed by atoms with Crippen LogP contribution in [0.25, 0.3) is 0 Å². The number of aromatic nitrogens is 2. The minimum atomic E-state index is -0.0684. The summed E-state index contributed by atoms with van der Waals surface area (Å²) in [6.07, 6.45) is 0. The minimum absolute atomic E-state index is 0.0337. The summed E-state index contributed by atoms with van der Waals surface area (Å²) in [5.74, 6) is 2.52. The van der Waals surface area contributed by atoms with Crippen molar-refractivity contribution in [2.75, 3.05) is 41.7 Å². The average molecular weight is 306 g/mol. The van der Waals surface area contributed by atoms with Gasteiger partial charge in [-0.2, -0.15) is 9.97 Å². The summed E-state index contributed by atoms with van der Waals surface area (Å²) >= 11 is 0. The zero-order valence-corrected chi connectivity index (χ0v) is 14.7. The fourth-order valence-electron chi connectivity index (χ4n) is 2.33. The molecule has 2 rings (SSSR count). The molecule has 1 aromatic rings. The van der Waals surface area contributed by atoms with Crippen molar-refractivity contribution in [1.29, 1.82) is 0 Å². The number of hydrogen-bond acceptors (Lipinski definition) is 6. The van der Waals surface area contributed by atoms with E-state index in [1.807, 2.05) is 6.07 Å². The van der Waals surface area contributed by atoms with Crippen LogP contribution >= 0.6 is 0 Å². The molecule has 0 atom stereocenters. The molecule has 0 radical (unpaired) electrons. The molecular formula is C16H30N6. The van der Waals surface area contributed by atoms with Crippen LogP contribution in [0.2, 0.25) is 0 Å². The van der Waals surface area contributed by atoms with Crippen LogP contribution in [0.5, 0.6) is 0 Å². The average Bonchev–Trinajstić information content (AvgIpc) is 2.35. The van der Waals surface area contributed by atoms with Gasteiger partial charge in [-0.05, 0) is 41.5 Å². The standard InChI is InChI=1S/C16H30N6/c1-15(2,3)20-12-11-13(22-9-7-17-8-10-22)19-14(18-12)21-16(4,5)6/h11,17H,7-10H2,1-6H3,(H2,18,19,20,21). The van der Waals surface area contributed by atoms with Crippen molar-refractivity contribution in [3.05, 3.63) is 6.07 Å². The molecule has 6 heteroatoms. The third-order valence-corrected chi connectivity index (χ3v) is 3.14. The predicted octanol–water partition coefficient (Wildman–Crippen LogP) is 2.31. The van der Waals surface area contributed by atoms with E-state index in [0.29, 0.717) is 5.95 Å². The first-order valence-corrected chi connectivity index (χ1v) is 8.03. The Balaban J connectivity index is 2.30. The Bertz CT molecular complexity index is 460. The van der Waals surface area contributed by atoms with Crippen molar-refractivity contribution >= 4 is 17.6 Å². The molecular weight excluding hydrogens is 276 g/mol. The van der Waals surface area contributed by atoms with Gasteiger partial charge in [0.1, 0.15) is 11.6 Å². The summed E-state index contributed by atoms with van der Waals surface area (Å²) < 4.78 is 0. The maximum Gasteiger partial charge on any atom is 0.227 e. The van der Waals surface area contributed by atoms with Gasteiger partial charge in [0.15, 0.2) is 0 Å². The lowest BCUT2D eigenvalue weighted by molar-refractivity contribution is 0.582. The third-order valence-electron chi connectivity index (χ3n) is 3.14. The van der Waals surface area contributed by atoms with E-state index in [0.717, 1.165) is 37.8 Å². The van der Waals surface area contributed by atoms with E-state index < -0.39 is 0 Å². The van der Waals surface area contributed by atoms with E-state index in [9.17, 15) is 0 Å². The predicted molar refractivity (Wildman–Crippen MR) is 93.9 cm³/mol. The number of rotatable bonds is 3. The highest BCUT2D eigenvalue weighted by molar-refractivity contribution is 5.55. The van der Waals surface area contributed by atoms with Crippen molar-refractivity contribution in [1.82, 2.24) is 15.3 Å². The fraction of sp³-hybridized carbons (Fsp3) is 0.750. The van der Waals surface area contributed by atoms with Crippen LogP contribution in [0.3, 0.4) is 0 Å². The molecule has 1 saturated heterocycles. The van der Waals surface area contributed by atoms with Crippen LogP contribution in [0.1, 0.15) is 41.5 Å². The third kappa shape index (κ3) is 5.33. The topological polar surface area (TPSA) is 65.1 Å². The Hall–Kier alpha value is -1.56. The van der Waals surface area contributed by atoms with Crippen LogP contribution in [0, 0.1) is 0 Å². The zero-order chi connectivity index (χ0) is 16.4. The van der Waals surface area contributed by atoms with Crippen molar-refractivity contribution in [3.63, 3.8) is 0 Å². The van der Waals surface area contributed by atoms with E-state index in [-0.39, 0.29) is 11.1 Å². The highest BCUT2D eigenvalue weighted by atomic mass is 15.3. The smallest absolute Gasteiger partial charge is 0.227 e. The van der Waals surface area contributed by atoms with Gasteiger partial charge in [-0.25, -0.2) is 0 Å². The summed E-state index contributed by atoms with van der Waals surface area (Å²) in [5.41, 5.74) is -0.102. The van der Waals surface area contributed by atoms with Crippen LogP contribution in [0.15, 0.2) is 6.07 Å². The van der Waals surface area contributed by atoms with E-state index in [2.05, 4.69) is 67.4 Å². The molecule has 2 heterocycles. The van der Waals surface area contributed by atoms with Gasteiger partial charge in [0.25, 0.3) is 0 Å². The Morgan fingerprint density at radius 1 is 0.955 bits per heavy atom. The number of hydrogen-bond donors (Lipinski definition) is 3. The second-order valence-electron chi connectivity index (χ2n) is 7.92. The highest BCUT2D eigenvalue weighted by Gasteiger charge is 2.19. The highest BCUT2D eigenvalue weighted by Crippen LogP contribution is 2.22. The van der Waals surface area contributed by atoms with Crippen LogP contribution < -0.4 is 20.9 Å². The van der Waals surface area contributed by atoms with E-state index >= 15 is 0 Å². The number of piperazine rings is 1. The van der Waals surface area contributed by atoms with E-state index in [4.69, 9.17) is 4.98 Å². The molecule has 3 N–H and O–H groups in total. The van der Waals surface area contributed by atoms with Gasteiger partial charge < -0.3 is 20.9 Å². The first-order valence-electron chi connectivity index (χ1n) is 8.03. The fourth-order valence-corrected chi connectivity index (χ4v) is 2.33. The normalized spacial score (nSPS) is 16.5. The molecule has 0 bridgehead atoms. The first-order chi connectivity index (χ1) is 10.1. The molecule has 0 spiro atoms. The van der Waals surface area contributed by atoms with Crippen LogP contribution in [-0.4, -0.2) is 47.2 Å². The summed E-state index contributed by atoms with van der Waals surface area (Å²) in [6, 6.07) is 2.05. The zero-order valence-electron chi connectivity index (χ0n) is 14.7. The van der Waals surface area contributed by atoms with Crippen molar-refractivity contribution in [2.45, 2.75) is 52.6 Å². The van der Waals surface area contributed by atoms with Gasteiger partial charge in [0.2, 0.25) is 5.95 Å². The summed E-state index contributed by atoms with van der Waals surface area (Å²) in [7, 11) is 0. The molecule has 22 heavy (non-hydrogen) atoms. The van der Waals surface area contributed by atoms with Gasteiger partial charge in [-0.3, -0.25) is 0 Å². The maximum absolute atomic E-state index is 4.71. The molecule has 0 unspecified atom stereocenters. The van der Waals surface area contributed by atoms with Gasteiger partial charge in [-0.15, -0.1) is 0 Å². The van der Waals surface area contributed by atoms with Crippen molar-refractivity contribution in [3.8, 4) is 0 Å². The number of anilines is 3. The Morgan fingerprint density at radius 2 is 1.55 bits per heavy atom. The largest absolute Gasteiger partial charge is 0.365 e. The van der Waals surface area contributed by atoms with Crippen molar-refractivity contribution in [2.24, 2.45) is 0 Å². The number of nitrogens with one attached hydrogen (secondary N) is 3. The van der Waals surface area contributed by atoms with Gasteiger partial charge in [0.05, 0.1) is 0 Å². The molecule has 0 amide bonds. The quantitative estimate of drug-likeness (QED) is 0.796. The SMILES string of the molecule is CC(C)(C)Nc1cc(N2CCNCC2)nc(NC(C)(C)C)n1. The molecule has 0 aliphatic carbocycles. The molecule has 1 aliphatic rings. The lowest BCUT2D eigenvalue weighted by Gasteiger charge is -2.30. The Labute approximate surface area is 134 Å². The maximum atomic E-state index is 4.71. The molecule has 1 aliphatic heterocycles. The minimum Gasteiger partial charge on any atom is -0.365 e. The lowest BCUT2D eigenvalue weighted by atomic mass is 10.1. The second-order valence-corrected chi connectivity index (χ2v) is 7.92. The molecule has 0 aromatic carbocycles. The summed E-state index contributed by atoms with van der Waals surface area (Å²) in [5, 5.41) is 10.2. The molecule has 1 aromatic heterocycles. The summed E-state index contributed by atoms with van der Waals surface area (Å²) in [4.78, 5) is 11.6. The van der Waals surface area contributed by atoms with Crippen LogP contribution in [-0.2, 0) is 0 Å². The van der Waals surface area contributed by atoms with E-state index in [1.165, 1.54) is 0 Å². The summed E-state index contributed by atoms with van der Waals surface area (Å²) in [6.45, 7) is 16.7. The first kappa shape index (κ1) is 16.8. The molecule has 124 valence electrons. The Morgan fingerprint density at radius 3 is 2.09 bits per heavy atom. The van der Waals surface area contributed by atoms with Gasteiger partial charge in [0, 0.05) is 43.3 Å².